The van der Waals surface area contributed by atoms with Crippen LogP contribution in [0.3, 0.4) is 0 Å². The van der Waals surface area contributed by atoms with Crippen molar-refractivity contribution in [2.45, 2.75) is 46.1 Å². The highest BCUT2D eigenvalue weighted by Gasteiger charge is 2.13. The number of aliphatic imine (C=N–C) groups is 1. The number of hydrogen-bond acceptors (Lipinski definition) is 4. The normalized spacial score (nSPS) is 12.1. The highest BCUT2D eigenvalue weighted by atomic mass is 16.5. The van der Waals surface area contributed by atoms with Crippen molar-refractivity contribution in [1.82, 2.24) is 16.0 Å². The van der Waals surface area contributed by atoms with Gasteiger partial charge < -0.3 is 25.1 Å². The van der Waals surface area contributed by atoms with Crippen LogP contribution in [0.1, 0.15) is 39.9 Å². The molecular weight excluding hydrogens is 320 g/mol. The number of nitrogens with one attached hydrogen (secondary N) is 3. The predicted molar refractivity (Wildman–Crippen MR) is 99.7 cm³/mol. The fourth-order valence-electron chi connectivity index (χ4n) is 2.07. The maximum atomic E-state index is 11.9. The second-order valence-electron chi connectivity index (χ2n) is 6.70. The Labute approximate surface area is 150 Å². The Morgan fingerprint density at radius 1 is 1.28 bits per heavy atom. The van der Waals surface area contributed by atoms with Gasteiger partial charge in [-0.3, -0.25) is 4.79 Å². The summed E-state index contributed by atoms with van der Waals surface area (Å²) in [6, 6.07) is 3.80. The lowest BCUT2D eigenvalue weighted by atomic mass is 10.1. The van der Waals surface area contributed by atoms with Gasteiger partial charge in [0.25, 0.3) is 0 Å². The summed E-state index contributed by atoms with van der Waals surface area (Å²) in [4.78, 5) is 16.3. The summed E-state index contributed by atoms with van der Waals surface area (Å²) in [7, 11) is 0. The van der Waals surface area contributed by atoms with E-state index in [0.717, 1.165) is 31.8 Å². The average molecular weight is 352 g/mol. The van der Waals surface area contributed by atoms with Crippen LogP contribution in [0.2, 0.25) is 0 Å². The molecule has 1 rings (SSSR count). The minimum atomic E-state index is -0.260. The minimum Gasteiger partial charge on any atom is -0.469 e. The van der Waals surface area contributed by atoms with Gasteiger partial charge in [0.05, 0.1) is 6.26 Å². The van der Waals surface area contributed by atoms with E-state index in [2.05, 4.69) is 20.9 Å². The molecule has 1 aromatic rings. The van der Waals surface area contributed by atoms with Crippen LogP contribution in [0.15, 0.2) is 27.8 Å². The van der Waals surface area contributed by atoms with Crippen LogP contribution in [0.4, 0.5) is 0 Å². The van der Waals surface area contributed by atoms with Gasteiger partial charge in [0, 0.05) is 38.3 Å². The molecule has 7 heteroatoms. The van der Waals surface area contributed by atoms with Crippen molar-refractivity contribution in [3.63, 3.8) is 0 Å². The number of ether oxygens (including phenoxy) is 1. The minimum absolute atomic E-state index is 0.0822. The topological polar surface area (TPSA) is 87.9 Å². The Morgan fingerprint density at radius 3 is 2.68 bits per heavy atom. The molecule has 0 aliphatic heterocycles. The van der Waals surface area contributed by atoms with E-state index in [1.165, 1.54) is 0 Å². The zero-order valence-electron chi connectivity index (χ0n) is 15.9. The lowest BCUT2D eigenvalue weighted by Gasteiger charge is -2.20. The smallest absolute Gasteiger partial charge is 0.242 e. The Balaban J connectivity index is 2.44. The highest BCUT2D eigenvalue weighted by molar-refractivity contribution is 5.85. The summed E-state index contributed by atoms with van der Waals surface area (Å²) >= 11 is 0. The fraction of sp³-hybridized carbons (Fsp3) is 0.667. The monoisotopic (exact) mass is 352 g/mol. The van der Waals surface area contributed by atoms with E-state index >= 15 is 0 Å². The SMILES string of the molecule is CCOCCCNC(=NCC(=O)NC(C)(C)C)NCCc1ccco1. The number of furan rings is 1. The van der Waals surface area contributed by atoms with Gasteiger partial charge in [-0.05, 0) is 46.2 Å². The second-order valence-corrected chi connectivity index (χ2v) is 6.70. The summed E-state index contributed by atoms with van der Waals surface area (Å²) in [6.07, 6.45) is 3.29. The van der Waals surface area contributed by atoms with Gasteiger partial charge in [-0.2, -0.15) is 0 Å². The van der Waals surface area contributed by atoms with E-state index in [0.29, 0.717) is 19.1 Å². The van der Waals surface area contributed by atoms with Gasteiger partial charge in [-0.15, -0.1) is 0 Å². The maximum absolute atomic E-state index is 11.9. The third-order valence-electron chi connectivity index (χ3n) is 3.10. The molecule has 0 aromatic carbocycles. The summed E-state index contributed by atoms with van der Waals surface area (Å²) in [5.74, 6) is 1.43. The van der Waals surface area contributed by atoms with Gasteiger partial charge in [-0.1, -0.05) is 0 Å². The predicted octanol–water partition coefficient (Wildman–Crippen LogP) is 1.70. The van der Waals surface area contributed by atoms with Crippen LogP contribution in [-0.2, 0) is 16.0 Å². The standard InChI is InChI=1S/C18H32N4O3/c1-5-24-12-7-10-19-17(20-11-9-15-8-6-13-25-15)21-14-16(23)22-18(2,3)4/h6,8,13H,5,7,9-12,14H2,1-4H3,(H,22,23)(H2,19,20,21). The largest absolute Gasteiger partial charge is 0.469 e. The number of carbonyl (C=O) groups is 1. The molecule has 0 spiro atoms. The lowest BCUT2D eigenvalue weighted by Crippen LogP contribution is -2.43. The Bertz CT molecular complexity index is 507. The third-order valence-corrected chi connectivity index (χ3v) is 3.10. The Morgan fingerprint density at radius 2 is 2.04 bits per heavy atom. The molecule has 7 nitrogen and oxygen atoms in total. The fourth-order valence-corrected chi connectivity index (χ4v) is 2.07. The van der Waals surface area contributed by atoms with E-state index in [1.807, 2.05) is 39.8 Å². The van der Waals surface area contributed by atoms with E-state index in [4.69, 9.17) is 9.15 Å². The average Bonchev–Trinajstić information content (AvgIpc) is 3.03. The Kier molecular flexibility index (Phi) is 9.69. The summed E-state index contributed by atoms with van der Waals surface area (Å²) in [5, 5.41) is 9.35. The first kappa shape index (κ1) is 21.0. The van der Waals surface area contributed by atoms with Crippen LogP contribution >= 0.6 is 0 Å². The molecule has 25 heavy (non-hydrogen) atoms. The first-order valence-electron chi connectivity index (χ1n) is 8.84. The molecule has 0 fully saturated rings. The molecule has 0 saturated carbocycles. The lowest BCUT2D eigenvalue weighted by molar-refractivity contribution is -0.121. The molecule has 0 atom stereocenters. The summed E-state index contributed by atoms with van der Waals surface area (Å²) in [5.41, 5.74) is -0.260. The van der Waals surface area contributed by atoms with E-state index in [-0.39, 0.29) is 18.0 Å². The van der Waals surface area contributed by atoms with E-state index < -0.39 is 0 Å². The van der Waals surface area contributed by atoms with E-state index in [9.17, 15) is 4.79 Å². The molecule has 3 N–H and O–H groups in total. The number of rotatable bonds is 10. The molecule has 0 saturated heterocycles. The number of nitrogens with zero attached hydrogens (tertiary/aromatic N) is 1. The van der Waals surface area contributed by atoms with Crippen molar-refractivity contribution in [3.05, 3.63) is 24.2 Å². The maximum Gasteiger partial charge on any atom is 0.242 e. The zero-order chi connectivity index (χ0) is 18.5. The zero-order valence-corrected chi connectivity index (χ0v) is 15.9. The quantitative estimate of drug-likeness (QED) is 0.339. The number of guanidine groups is 1. The molecule has 142 valence electrons. The van der Waals surface area contributed by atoms with Gasteiger partial charge in [0.2, 0.25) is 5.91 Å². The van der Waals surface area contributed by atoms with Crippen molar-refractivity contribution < 1.29 is 13.9 Å². The van der Waals surface area contributed by atoms with Crippen LogP contribution in [0.5, 0.6) is 0 Å². The first-order valence-corrected chi connectivity index (χ1v) is 8.84. The molecule has 0 aliphatic rings. The van der Waals surface area contributed by atoms with Crippen LogP contribution in [-0.4, -0.2) is 50.3 Å². The molecular formula is C18H32N4O3. The van der Waals surface area contributed by atoms with Crippen LogP contribution in [0, 0.1) is 0 Å². The van der Waals surface area contributed by atoms with Gasteiger partial charge in [-0.25, -0.2) is 4.99 Å². The molecule has 0 unspecified atom stereocenters. The van der Waals surface area contributed by atoms with Crippen LogP contribution < -0.4 is 16.0 Å². The summed E-state index contributed by atoms with van der Waals surface area (Å²) in [6.45, 7) is 10.7. The van der Waals surface area contributed by atoms with Crippen molar-refractivity contribution in [3.8, 4) is 0 Å². The van der Waals surface area contributed by atoms with Crippen molar-refractivity contribution in [2.75, 3.05) is 32.8 Å². The molecule has 1 aromatic heterocycles. The molecule has 0 radical (unpaired) electrons. The van der Waals surface area contributed by atoms with Gasteiger partial charge in [0.1, 0.15) is 12.3 Å². The number of hydrogen-bond donors (Lipinski definition) is 3. The van der Waals surface area contributed by atoms with Crippen molar-refractivity contribution in [1.29, 1.82) is 0 Å². The summed E-state index contributed by atoms with van der Waals surface area (Å²) < 4.78 is 10.6. The van der Waals surface area contributed by atoms with Gasteiger partial charge >= 0.3 is 0 Å². The number of amides is 1. The first-order chi connectivity index (χ1) is 11.9. The Hall–Kier alpha value is -2.02. The third kappa shape index (κ3) is 11.2. The molecule has 1 amide bonds. The number of carbonyl (C=O) groups excluding carboxylic acids is 1. The van der Waals surface area contributed by atoms with E-state index in [1.54, 1.807) is 6.26 Å². The molecule has 0 bridgehead atoms. The highest BCUT2D eigenvalue weighted by Crippen LogP contribution is 1.99. The van der Waals surface area contributed by atoms with Crippen molar-refractivity contribution >= 4 is 11.9 Å². The second kappa shape index (κ2) is 11.5. The van der Waals surface area contributed by atoms with Crippen molar-refractivity contribution in [2.24, 2.45) is 4.99 Å². The molecule has 0 aliphatic carbocycles. The van der Waals surface area contributed by atoms with Crippen LogP contribution in [0.25, 0.3) is 0 Å². The molecule has 1 heterocycles. The van der Waals surface area contributed by atoms with Gasteiger partial charge in [0.15, 0.2) is 5.96 Å².